The van der Waals surface area contributed by atoms with E-state index in [2.05, 4.69) is 245 Å². The van der Waals surface area contributed by atoms with Gasteiger partial charge in [0, 0.05) is 28.3 Å². The number of hydrogen-bond donors (Lipinski definition) is 1. The standard InChI is InChI=1S/C62H44BN2/c1-38-34-39(2)58(40(3)35-38)44-36-49(59-46-19-8-7-18-43(46)30-33-55(59)64-45-31-28-42(29-32-45)41-16-5-4-6-17-41)60-57(37-44)65-56-27-14-13-24-52(56)62(53-25-15-26-54(63-60)61(53)65)50-22-11-9-20-47(50)48-21-10-12-23-51(48)62/h4-37,64H,1-3H3. The molecule has 1 spiro atoms. The lowest BCUT2D eigenvalue weighted by Crippen LogP contribution is -2.47. The molecule has 0 unspecified atom stereocenters. The molecule has 1 aliphatic carbocycles. The smallest absolute Gasteiger partial charge is 0.197 e. The highest BCUT2D eigenvalue weighted by atomic mass is 15.2. The van der Waals surface area contributed by atoms with Crippen molar-refractivity contribution in [2.45, 2.75) is 26.2 Å². The largest absolute Gasteiger partial charge is 0.355 e. The van der Waals surface area contributed by atoms with Gasteiger partial charge in [0.1, 0.15) is 0 Å². The van der Waals surface area contributed by atoms with Crippen LogP contribution >= 0.6 is 0 Å². The SMILES string of the molecule is Cc1cc(C)c(-c2cc(-c3c(Nc4ccc(-c5ccccc5)cc4)ccc4ccccc34)c3c(c2)N2c4ccccc4C4(c5ccccc5-c5ccccc54)c4cccc(c42)[B]3)c(C)c1. The van der Waals surface area contributed by atoms with E-state index >= 15 is 0 Å². The van der Waals surface area contributed by atoms with Crippen LogP contribution in [0.3, 0.4) is 0 Å². The van der Waals surface area contributed by atoms with Crippen LogP contribution in [-0.4, -0.2) is 7.28 Å². The summed E-state index contributed by atoms with van der Waals surface area (Å²) >= 11 is 0. The summed E-state index contributed by atoms with van der Waals surface area (Å²) in [7, 11) is 2.48. The topological polar surface area (TPSA) is 15.3 Å². The van der Waals surface area contributed by atoms with Crippen LogP contribution in [0.4, 0.5) is 28.4 Å². The van der Waals surface area contributed by atoms with Crippen LogP contribution in [0, 0.1) is 20.8 Å². The first-order valence-electron chi connectivity index (χ1n) is 22.8. The van der Waals surface area contributed by atoms with Crippen molar-refractivity contribution >= 4 is 57.4 Å². The summed E-state index contributed by atoms with van der Waals surface area (Å²) in [6.45, 7) is 6.75. The molecule has 2 nitrogen and oxygen atoms in total. The van der Waals surface area contributed by atoms with E-state index in [1.54, 1.807) is 0 Å². The van der Waals surface area contributed by atoms with Crippen molar-refractivity contribution < 1.29 is 0 Å². The summed E-state index contributed by atoms with van der Waals surface area (Å²) in [6, 6.07) is 76.8. The Morgan fingerprint density at radius 3 is 1.83 bits per heavy atom. The lowest BCUT2D eigenvalue weighted by Gasteiger charge is -2.48. The Kier molecular flexibility index (Phi) is 8.30. The van der Waals surface area contributed by atoms with Crippen molar-refractivity contribution in [2.75, 3.05) is 10.2 Å². The molecule has 3 heteroatoms. The fraction of sp³-hybridized carbons (Fsp3) is 0.0645. The zero-order chi connectivity index (χ0) is 43.4. The minimum absolute atomic E-state index is 0.482. The van der Waals surface area contributed by atoms with Crippen molar-refractivity contribution in [1.29, 1.82) is 0 Å². The average molecular weight is 828 g/mol. The van der Waals surface area contributed by atoms with Gasteiger partial charge in [0.05, 0.1) is 11.1 Å². The average Bonchev–Trinajstić information content (AvgIpc) is 3.63. The third-order valence-electron chi connectivity index (χ3n) is 14.3. The molecule has 0 saturated heterocycles. The maximum Gasteiger partial charge on any atom is 0.197 e. The van der Waals surface area contributed by atoms with Crippen molar-refractivity contribution in [3.8, 4) is 44.5 Å². The van der Waals surface area contributed by atoms with Crippen molar-refractivity contribution in [3.05, 3.63) is 245 Å². The molecular formula is C62H44BN2. The Bertz CT molecular complexity index is 3520. The first-order valence-corrected chi connectivity index (χ1v) is 22.8. The molecule has 0 fully saturated rings. The third kappa shape index (κ3) is 5.49. The van der Waals surface area contributed by atoms with Crippen molar-refractivity contribution in [2.24, 2.45) is 0 Å². The number of nitrogens with zero attached hydrogens (tertiary/aromatic N) is 1. The second kappa shape index (κ2) is 14.3. The quantitative estimate of drug-likeness (QED) is 0.174. The van der Waals surface area contributed by atoms with E-state index in [0.717, 1.165) is 11.4 Å². The fourth-order valence-electron chi connectivity index (χ4n) is 11.9. The zero-order valence-electron chi connectivity index (χ0n) is 36.7. The first-order chi connectivity index (χ1) is 32.0. The van der Waals surface area contributed by atoms with Crippen LogP contribution in [0.5, 0.6) is 0 Å². The lowest BCUT2D eigenvalue weighted by molar-refractivity contribution is 0.754. The Morgan fingerprint density at radius 2 is 1.08 bits per heavy atom. The Balaban J connectivity index is 1.09. The van der Waals surface area contributed by atoms with Gasteiger partial charge in [-0.15, -0.1) is 0 Å². The van der Waals surface area contributed by atoms with Gasteiger partial charge in [-0.2, -0.15) is 0 Å². The second-order valence-corrected chi connectivity index (χ2v) is 18.1. The normalized spacial score (nSPS) is 13.4. The summed E-state index contributed by atoms with van der Waals surface area (Å²) in [6.07, 6.45) is 0. The molecule has 1 N–H and O–H groups in total. The van der Waals surface area contributed by atoms with E-state index < -0.39 is 5.41 Å². The predicted molar refractivity (Wildman–Crippen MR) is 275 cm³/mol. The van der Waals surface area contributed by atoms with E-state index in [1.165, 1.54) is 122 Å². The molecule has 2 heterocycles. The second-order valence-electron chi connectivity index (χ2n) is 18.1. The molecule has 65 heavy (non-hydrogen) atoms. The molecule has 0 bridgehead atoms. The molecule has 13 rings (SSSR count). The highest BCUT2D eigenvalue weighted by Gasteiger charge is 2.53. The number of rotatable bonds is 5. The summed E-state index contributed by atoms with van der Waals surface area (Å²) in [5.41, 5.74) is 26.7. The van der Waals surface area contributed by atoms with Crippen molar-refractivity contribution in [1.82, 2.24) is 0 Å². The number of hydrogen-bond acceptors (Lipinski definition) is 2. The molecule has 10 aromatic rings. The van der Waals surface area contributed by atoms with Crippen molar-refractivity contribution in [3.63, 3.8) is 0 Å². The Hall–Kier alpha value is -7.88. The molecule has 305 valence electrons. The molecule has 1 radical (unpaired) electrons. The molecule has 3 aliphatic rings. The van der Waals surface area contributed by atoms with E-state index in [1.807, 2.05) is 0 Å². The number of anilines is 5. The summed E-state index contributed by atoms with van der Waals surface area (Å²) < 4.78 is 0. The maximum atomic E-state index is 3.94. The van der Waals surface area contributed by atoms with Gasteiger partial charge in [-0.3, -0.25) is 0 Å². The van der Waals surface area contributed by atoms with Crippen LogP contribution in [0.1, 0.15) is 38.9 Å². The Labute approximate surface area is 381 Å². The monoisotopic (exact) mass is 827 g/mol. The zero-order valence-corrected chi connectivity index (χ0v) is 36.7. The molecule has 0 amide bonds. The van der Waals surface area contributed by atoms with Crippen LogP contribution < -0.4 is 21.1 Å². The molecule has 0 saturated carbocycles. The maximum absolute atomic E-state index is 3.94. The summed E-state index contributed by atoms with van der Waals surface area (Å²) in [5, 5.41) is 6.36. The summed E-state index contributed by atoms with van der Waals surface area (Å²) in [4.78, 5) is 2.61. The number of benzene rings is 10. The number of fused-ring (bicyclic) bond motifs is 12. The molecule has 0 aromatic heterocycles. The van der Waals surface area contributed by atoms with E-state index in [-0.39, 0.29) is 0 Å². The summed E-state index contributed by atoms with van der Waals surface area (Å²) in [5.74, 6) is 0. The number of aryl methyl sites for hydroxylation is 3. The van der Waals surface area contributed by atoms with Gasteiger partial charge in [-0.1, -0.05) is 181 Å². The third-order valence-corrected chi connectivity index (χ3v) is 14.3. The van der Waals surface area contributed by atoms with Gasteiger partial charge in [0.25, 0.3) is 0 Å². The predicted octanol–water partition coefficient (Wildman–Crippen LogP) is 14.6. The highest BCUT2D eigenvalue weighted by molar-refractivity contribution is 6.73. The molecule has 10 aromatic carbocycles. The molecular weight excluding hydrogens is 784 g/mol. The van der Waals surface area contributed by atoms with Crippen LogP contribution in [0.2, 0.25) is 0 Å². The van der Waals surface area contributed by atoms with Gasteiger partial charge in [0.15, 0.2) is 7.28 Å². The van der Waals surface area contributed by atoms with Gasteiger partial charge >= 0.3 is 0 Å². The van der Waals surface area contributed by atoms with E-state index in [9.17, 15) is 0 Å². The van der Waals surface area contributed by atoms with Crippen LogP contribution in [0.25, 0.3) is 55.3 Å². The number of para-hydroxylation sites is 2. The fourth-order valence-corrected chi connectivity index (χ4v) is 11.9. The van der Waals surface area contributed by atoms with Crippen LogP contribution in [-0.2, 0) is 5.41 Å². The Morgan fingerprint density at radius 1 is 0.446 bits per heavy atom. The van der Waals surface area contributed by atoms with Gasteiger partial charge in [0.2, 0.25) is 0 Å². The molecule has 0 atom stereocenters. The minimum Gasteiger partial charge on any atom is -0.355 e. The van der Waals surface area contributed by atoms with E-state index in [4.69, 9.17) is 0 Å². The lowest BCUT2D eigenvalue weighted by atomic mass is 9.54. The van der Waals surface area contributed by atoms with Gasteiger partial charge in [-0.25, -0.2) is 0 Å². The van der Waals surface area contributed by atoms with Gasteiger partial charge < -0.3 is 10.2 Å². The van der Waals surface area contributed by atoms with E-state index in [0.29, 0.717) is 0 Å². The first kappa shape index (κ1) is 37.7. The number of nitrogens with one attached hydrogen (secondary N) is 1. The highest BCUT2D eigenvalue weighted by Crippen LogP contribution is 2.63. The molecule has 2 aliphatic heterocycles. The van der Waals surface area contributed by atoms with Gasteiger partial charge in [-0.05, 0) is 146 Å². The minimum atomic E-state index is -0.482. The van der Waals surface area contributed by atoms with Crippen LogP contribution in [0.15, 0.2) is 206 Å².